The predicted molar refractivity (Wildman–Crippen MR) is 69.0 cm³/mol. The van der Waals surface area contributed by atoms with E-state index in [0.717, 1.165) is 19.9 Å². The number of ketones is 1. The number of benzene rings is 1. The molecule has 0 fully saturated rings. The summed E-state index contributed by atoms with van der Waals surface area (Å²) in [5.74, 6) is 0.132. The molecule has 0 aliphatic carbocycles. The van der Waals surface area contributed by atoms with Crippen molar-refractivity contribution in [2.24, 2.45) is 0 Å². The first-order chi connectivity index (χ1) is 7.65. The zero-order chi connectivity index (χ0) is 11.5. The van der Waals surface area contributed by atoms with E-state index in [1.807, 2.05) is 31.2 Å². The van der Waals surface area contributed by atoms with E-state index in [-0.39, 0.29) is 5.78 Å². The van der Waals surface area contributed by atoms with Crippen molar-refractivity contribution in [1.29, 1.82) is 0 Å². The molecule has 0 aliphatic rings. The quantitative estimate of drug-likeness (QED) is 0.809. The molecule has 0 saturated carbocycles. The number of carbonyl (C=O) groups is 1. The molecule has 0 spiro atoms. The van der Waals surface area contributed by atoms with Gasteiger partial charge in [0.15, 0.2) is 5.78 Å². The van der Waals surface area contributed by atoms with E-state index in [1.165, 1.54) is 11.3 Å². The highest BCUT2D eigenvalue weighted by molar-refractivity contribution is 9.10. The van der Waals surface area contributed by atoms with Crippen molar-refractivity contribution in [2.45, 2.75) is 13.3 Å². The second-order valence-electron chi connectivity index (χ2n) is 3.47. The van der Waals surface area contributed by atoms with Gasteiger partial charge in [0.2, 0.25) is 0 Å². The van der Waals surface area contributed by atoms with Gasteiger partial charge in [0.1, 0.15) is 0 Å². The van der Waals surface area contributed by atoms with Crippen molar-refractivity contribution in [3.63, 3.8) is 0 Å². The van der Waals surface area contributed by atoms with Crippen molar-refractivity contribution < 1.29 is 4.79 Å². The maximum atomic E-state index is 11.9. The van der Waals surface area contributed by atoms with Crippen LogP contribution in [0, 0.1) is 6.92 Å². The fourth-order valence-electron chi connectivity index (χ4n) is 1.37. The van der Waals surface area contributed by atoms with E-state index in [9.17, 15) is 4.79 Å². The second kappa shape index (κ2) is 4.89. The van der Waals surface area contributed by atoms with Crippen molar-refractivity contribution in [2.75, 3.05) is 0 Å². The molecule has 1 aromatic heterocycles. The summed E-state index contributed by atoms with van der Waals surface area (Å²) in [5, 5.41) is 0.930. The maximum Gasteiger partial charge on any atom is 0.178 e. The first-order valence-corrected chi connectivity index (χ1v) is 6.46. The van der Waals surface area contributed by atoms with Crippen LogP contribution >= 0.6 is 27.3 Å². The number of halogens is 1. The number of carbonyl (C=O) groups excluding carboxylic acids is 1. The lowest BCUT2D eigenvalue weighted by Crippen LogP contribution is -2.00. The van der Waals surface area contributed by atoms with E-state index >= 15 is 0 Å². The monoisotopic (exact) mass is 295 g/mol. The maximum absolute atomic E-state index is 11.9. The summed E-state index contributed by atoms with van der Waals surface area (Å²) >= 11 is 4.82. The molecule has 0 bridgehead atoms. The van der Waals surface area contributed by atoms with Crippen LogP contribution in [-0.2, 0) is 6.42 Å². The van der Waals surface area contributed by atoms with Crippen LogP contribution in [0.5, 0.6) is 0 Å². The third-order valence-electron chi connectivity index (χ3n) is 2.17. The van der Waals surface area contributed by atoms with E-state index in [2.05, 4.69) is 20.9 Å². The van der Waals surface area contributed by atoms with Crippen molar-refractivity contribution >= 4 is 33.0 Å². The molecular formula is C12H10BrNOS. The molecule has 4 heteroatoms. The first kappa shape index (κ1) is 11.5. The van der Waals surface area contributed by atoms with Crippen molar-refractivity contribution in [3.8, 4) is 0 Å². The summed E-state index contributed by atoms with van der Waals surface area (Å²) in [4.78, 5) is 16.7. The van der Waals surface area contributed by atoms with Crippen LogP contribution in [0.3, 0.4) is 0 Å². The molecule has 0 saturated heterocycles. The van der Waals surface area contributed by atoms with Gasteiger partial charge in [-0.3, -0.25) is 4.79 Å². The number of hydrogen-bond donors (Lipinski definition) is 0. The molecule has 16 heavy (non-hydrogen) atoms. The van der Waals surface area contributed by atoms with Crippen LogP contribution in [-0.4, -0.2) is 10.8 Å². The highest BCUT2D eigenvalue weighted by Crippen LogP contribution is 2.16. The van der Waals surface area contributed by atoms with E-state index in [4.69, 9.17) is 0 Å². The number of Topliss-reactive ketones (excluding diaryl/α,β-unsaturated/α-hetero) is 1. The molecule has 0 atom stereocenters. The first-order valence-electron chi connectivity index (χ1n) is 4.85. The Kier molecular flexibility index (Phi) is 3.51. The lowest BCUT2D eigenvalue weighted by Gasteiger charge is -1.98. The van der Waals surface area contributed by atoms with Gasteiger partial charge in [-0.15, -0.1) is 11.3 Å². The standard InChI is InChI=1S/C12H10BrNOS/c1-8-14-7-12(16-8)11(15)6-9-2-4-10(13)5-3-9/h2-5,7H,6H2,1H3. The van der Waals surface area contributed by atoms with Crippen LogP contribution in [0.1, 0.15) is 20.2 Å². The Hall–Kier alpha value is -1.000. The molecule has 2 aromatic rings. The Labute approximate surface area is 106 Å². The zero-order valence-corrected chi connectivity index (χ0v) is 11.1. The van der Waals surface area contributed by atoms with Crippen LogP contribution < -0.4 is 0 Å². The number of aryl methyl sites for hydroxylation is 1. The fourth-order valence-corrected chi connectivity index (χ4v) is 2.34. The number of rotatable bonds is 3. The largest absolute Gasteiger partial charge is 0.293 e. The smallest absolute Gasteiger partial charge is 0.178 e. The minimum absolute atomic E-state index is 0.132. The molecule has 2 nitrogen and oxygen atoms in total. The minimum Gasteiger partial charge on any atom is -0.293 e. The minimum atomic E-state index is 0.132. The molecule has 0 radical (unpaired) electrons. The van der Waals surface area contributed by atoms with Gasteiger partial charge >= 0.3 is 0 Å². The topological polar surface area (TPSA) is 30.0 Å². The lowest BCUT2D eigenvalue weighted by molar-refractivity contribution is 0.0996. The molecule has 0 unspecified atom stereocenters. The molecule has 82 valence electrons. The normalized spacial score (nSPS) is 10.4. The number of aromatic nitrogens is 1. The molecule has 0 aliphatic heterocycles. The zero-order valence-electron chi connectivity index (χ0n) is 8.74. The number of thiazole rings is 1. The van der Waals surface area contributed by atoms with Gasteiger partial charge in [-0.2, -0.15) is 0 Å². The average molecular weight is 296 g/mol. The Balaban J connectivity index is 2.10. The number of hydrogen-bond acceptors (Lipinski definition) is 3. The van der Waals surface area contributed by atoms with Gasteiger partial charge in [0.25, 0.3) is 0 Å². The van der Waals surface area contributed by atoms with Gasteiger partial charge in [-0.1, -0.05) is 28.1 Å². The summed E-state index contributed by atoms with van der Waals surface area (Å²) in [5.41, 5.74) is 1.03. The summed E-state index contributed by atoms with van der Waals surface area (Å²) in [7, 11) is 0. The van der Waals surface area contributed by atoms with Gasteiger partial charge in [0.05, 0.1) is 9.88 Å². The lowest BCUT2D eigenvalue weighted by atomic mass is 10.1. The molecular weight excluding hydrogens is 286 g/mol. The predicted octanol–water partition coefficient (Wildman–Crippen LogP) is 3.64. The Morgan fingerprint density at radius 2 is 2.06 bits per heavy atom. The summed E-state index contributed by atoms with van der Waals surface area (Å²) in [6, 6.07) is 7.80. The molecule has 2 rings (SSSR count). The van der Waals surface area contributed by atoms with Gasteiger partial charge in [-0.25, -0.2) is 4.98 Å². The van der Waals surface area contributed by atoms with Crippen molar-refractivity contribution in [1.82, 2.24) is 4.98 Å². The SMILES string of the molecule is Cc1ncc(C(=O)Cc2ccc(Br)cc2)s1. The Morgan fingerprint density at radius 3 is 2.62 bits per heavy atom. The third kappa shape index (κ3) is 2.77. The highest BCUT2D eigenvalue weighted by atomic mass is 79.9. The third-order valence-corrected chi connectivity index (χ3v) is 3.66. The van der Waals surface area contributed by atoms with Crippen molar-refractivity contribution in [3.05, 3.63) is 50.4 Å². The van der Waals surface area contributed by atoms with E-state index < -0.39 is 0 Å². The average Bonchev–Trinajstić information content (AvgIpc) is 2.68. The Morgan fingerprint density at radius 1 is 1.38 bits per heavy atom. The fraction of sp³-hybridized carbons (Fsp3) is 0.167. The highest BCUT2D eigenvalue weighted by Gasteiger charge is 2.09. The van der Waals surface area contributed by atoms with Crippen LogP contribution in [0.2, 0.25) is 0 Å². The van der Waals surface area contributed by atoms with Crippen LogP contribution in [0.15, 0.2) is 34.9 Å². The molecule has 0 N–H and O–H groups in total. The Bertz CT molecular complexity index is 504. The molecule has 1 aromatic carbocycles. The van der Waals surface area contributed by atoms with Crippen LogP contribution in [0.4, 0.5) is 0 Å². The summed E-state index contributed by atoms with van der Waals surface area (Å²) in [6.45, 7) is 1.90. The van der Waals surface area contributed by atoms with Gasteiger partial charge in [0, 0.05) is 17.1 Å². The summed E-state index contributed by atoms with van der Waals surface area (Å²) < 4.78 is 1.03. The van der Waals surface area contributed by atoms with Crippen LogP contribution in [0.25, 0.3) is 0 Å². The second-order valence-corrected chi connectivity index (χ2v) is 5.62. The molecule has 0 amide bonds. The number of nitrogens with zero attached hydrogens (tertiary/aromatic N) is 1. The summed E-state index contributed by atoms with van der Waals surface area (Å²) in [6.07, 6.45) is 2.09. The van der Waals surface area contributed by atoms with Gasteiger partial charge in [-0.05, 0) is 24.6 Å². The molecule has 1 heterocycles. The van der Waals surface area contributed by atoms with E-state index in [1.54, 1.807) is 6.20 Å². The van der Waals surface area contributed by atoms with Gasteiger partial charge < -0.3 is 0 Å². The van der Waals surface area contributed by atoms with E-state index in [0.29, 0.717) is 6.42 Å².